The minimum absolute atomic E-state index is 0.0733. The zero-order chi connectivity index (χ0) is 21.0. The zero-order valence-electron chi connectivity index (χ0n) is 17.3. The third-order valence-electron chi connectivity index (χ3n) is 5.56. The molecule has 2 aromatic carbocycles. The first-order valence-electron chi connectivity index (χ1n) is 10.1. The molecule has 2 aromatic rings. The Hall–Kier alpha value is -2.73. The van der Waals surface area contributed by atoms with Gasteiger partial charge in [-0.05, 0) is 51.1 Å². The van der Waals surface area contributed by atoms with Crippen LogP contribution in [0.1, 0.15) is 31.1 Å². The SMILES string of the molecule is CCN(C(=O)C(C)N1CCN(c2ccc(C(C)=O)cc2F)CC1)c1ccccc1. The highest BCUT2D eigenvalue weighted by Gasteiger charge is 2.29. The molecule has 0 aliphatic carbocycles. The molecule has 1 unspecified atom stereocenters. The second kappa shape index (κ2) is 9.18. The van der Waals surface area contributed by atoms with Gasteiger partial charge in [0, 0.05) is 44.0 Å². The first kappa shape index (κ1) is 21.0. The molecular weight excluding hydrogens is 369 g/mol. The third-order valence-corrected chi connectivity index (χ3v) is 5.56. The number of benzene rings is 2. The molecular formula is C23H28FN3O2. The summed E-state index contributed by atoms with van der Waals surface area (Å²) >= 11 is 0. The van der Waals surface area contributed by atoms with E-state index in [1.54, 1.807) is 17.0 Å². The number of halogens is 1. The van der Waals surface area contributed by atoms with Crippen molar-refractivity contribution in [3.63, 3.8) is 0 Å². The maximum Gasteiger partial charge on any atom is 0.244 e. The number of likely N-dealkylation sites (N-methyl/N-ethyl adjacent to an activating group) is 1. The molecule has 1 aliphatic heterocycles. The van der Waals surface area contributed by atoms with Crippen LogP contribution in [-0.4, -0.2) is 55.4 Å². The molecule has 1 aliphatic rings. The predicted molar refractivity (Wildman–Crippen MR) is 114 cm³/mol. The zero-order valence-corrected chi connectivity index (χ0v) is 17.3. The summed E-state index contributed by atoms with van der Waals surface area (Å²) in [7, 11) is 0. The molecule has 154 valence electrons. The van der Waals surface area contributed by atoms with Crippen LogP contribution in [0.25, 0.3) is 0 Å². The van der Waals surface area contributed by atoms with Crippen molar-refractivity contribution >= 4 is 23.1 Å². The average molecular weight is 397 g/mol. The molecule has 1 heterocycles. The number of carbonyl (C=O) groups excluding carboxylic acids is 2. The number of hydrogen-bond donors (Lipinski definition) is 0. The average Bonchev–Trinajstić information content (AvgIpc) is 2.74. The Bertz CT molecular complexity index is 864. The van der Waals surface area contributed by atoms with Crippen molar-refractivity contribution in [1.82, 2.24) is 4.90 Å². The van der Waals surface area contributed by atoms with Crippen LogP contribution < -0.4 is 9.80 Å². The predicted octanol–water partition coefficient (Wildman–Crippen LogP) is 3.59. The molecule has 1 saturated heterocycles. The summed E-state index contributed by atoms with van der Waals surface area (Å²) < 4.78 is 14.4. The normalized spacial score (nSPS) is 15.8. The minimum Gasteiger partial charge on any atom is -0.367 e. The van der Waals surface area contributed by atoms with Crippen molar-refractivity contribution in [3.8, 4) is 0 Å². The lowest BCUT2D eigenvalue weighted by Crippen LogP contribution is -2.55. The summed E-state index contributed by atoms with van der Waals surface area (Å²) in [5.41, 5.74) is 1.79. The Balaban J connectivity index is 1.64. The topological polar surface area (TPSA) is 43.9 Å². The summed E-state index contributed by atoms with van der Waals surface area (Å²) in [5.74, 6) is -0.452. The van der Waals surface area contributed by atoms with Crippen LogP contribution in [0.4, 0.5) is 15.8 Å². The van der Waals surface area contributed by atoms with Crippen LogP contribution in [0.3, 0.4) is 0 Å². The Kier molecular flexibility index (Phi) is 6.64. The molecule has 6 heteroatoms. The van der Waals surface area contributed by atoms with Gasteiger partial charge in [-0.3, -0.25) is 14.5 Å². The molecule has 3 rings (SSSR count). The van der Waals surface area contributed by atoms with Crippen molar-refractivity contribution in [3.05, 3.63) is 59.9 Å². The van der Waals surface area contributed by atoms with Gasteiger partial charge in [-0.1, -0.05) is 18.2 Å². The number of amides is 1. The summed E-state index contributed by atoms with van der Waals surface area (Å²) in [4.78, 5) is 30.4. The lowest BCUT2D eigenvalue weighted by molar-refractivity contribution is -0.123. The summed E-state index contributed by atoms with van der Waals surface area (Å²) in [6.45, 7) is 8.56. The van der Waals surface area contributed by atoms with Crippen LogP contribution in [0, 0.1) is 5.82 Å². The van der Waals surface area contributed by atoms with E-state index < -0.39 is 0 Å². The molecule has 5 nitrogen and oxygen atoms in total. The van der Waals surface area contributed by atoms with Gasteiger partial charge in [-0.15, -0.1) is 0 Å². The van der Waals surface area contributed by atoms with E-state index in [9.17, 15) is 14.0 Å². The Morgan fingerprint density at radius 3 is 2.28 bits per heavy atom. The van der Waals surface area contributed by atoms with E-state index in [4.69, 9.17) is 0 Å². The Morgan fingerprint density at radius 1 is 1.07 bits per heavy atom. The maximum absolute atomic E-state index is 14.4. The van der Waals surface area contributed by atoms with Gasteiger partial charge in [0.05, 0.1) is 11.7 Å². The molecule has 0 saturated carbocycles. The number of piperazine rings is 1. The molecule has 0 radical (unpaired) electrons. The van der Waals surface area contributed by atoms with Crippen LogP contribution in [-0.2, 0) is 4.79 Å². The molecule has 1 atom stereocenters. The van der Waals surface area contributed by atoms with Crippen LogP contribution in [0.2, 0.25) is 0 Å². The van der Waals surface area contributed by atoms with Gasteiger partial charge in [0.25, 0.3) is 0 Å². The molecule has 0 aromatic heterocycles. The number of Topliss-reactive ketones (excluding diaryl/α,β-unsaturated/α-hetero) is 1. The number of carbonyl (C=O) groups is 2. The maximum atomic E-state index is 14.4. The van der Waals surface area contributed by atoms with Crippen molar-refractivity contribution in [2.45, 2.75) is 26.8 Å². The highest BCUT2D eigenvalue weighted by Crippen LogP contribution is 2.23. The fourth-order valence-electron chi connectivity index (χ4n) is 3.79. The van der Waals surface area contributed by atoms with Gasteiger partial charge in [0.15, 0.2) is 5.78 Å². The van der Waals surface area contributed by atoms with Crippen molar-refractivity contribution in [1.29, 1.82) is 0 Å². The van der Waals surface area contributed by atoms with Gasteiger partial charge in [-0.25, -0.2) is 4.39 Å². The molecule has 0 bridgehead atoms. The van der Waals surface area contributed by atoms with Gasteiger partial charge < -0.3 is 9.80 Å². The lowest BCUT2D eigenvalue weighted by Gasteiger charge is -2.39. The van der Waals surface area contributed by atoms with E-state index in [2.05, 4.69) is 4.90 Å². The number of para-hydroxylation sites is 1. The number of rotatable bonds is 6. The van der Waals surface area contributed by atoms with E-state index in [0.717, 1.165) is 5.69 Å². The summed E-state index contributed by atoms with van der Waals surface area (Å²) in [6, 6.07) is 14.1. The van der Waals surface area contributed by atoms with Crippen molar-refractivity contribution < 1.29 is 14.0 Å². The summed E-state index contributed by atoms with van der Waals surface area (Å²) in [6.07, 6.45) is 0. The van der Waals surface area contributed by atoms with Crippen LogP contribution in [0.15, 0.2) is 48.5 Å². The number of anilines is 2. The molecule has 29 heavy (non-hydrogen) atoms. The first-order chi connectivity index (χ1) is 13.9. The molecule has 0 spiro atoms. The van der Waals surface area contributed by atoms with Crippen molar-refractivity contribution in [2.75, 3.05) is 42.5 Å². The highest BCUT2D eigenvalue weighted by molar-refractivity contribution is 5.97. The highest BCUT2D eigenvalue weighted by atomic mass is 19.1. The third kappa shape index (κ3) is 4.65. The number of hydrogen-bond acceptors (Lipinski definition) is 4. The fraction of sp³-hybridized carbons (Fsp3) is 0.391. The molecule has 1 fully saturated rings. The Morgan fingerprint density at radius 2 is 1.72 bits per heavy atom. The van der Waals surface area contributed by atoms with E-state index in [-0.39, 0.29) is 23.5 Å². The van der Waals surface area contributed by atoms with E-state index in [1.165, 1.54) is 13.0 Å². The first-order valence-corrected chi connectivity index (χ1v) is 10.1. The Labute approximate surface area is 171 Å². The standard InChI is InChI=1S/C23H28FN3O2/c1-4-27(20-8-6-5-7-9-20)23(29)17(2)25-12-14-26(15-13-25)22-11-10-19(18(3)28)16-21(22)24/h5-11,16-17H,4,12-15H2,1-3H3. The number of nitrogens with zero attached hydrogens (tertiary/aromatic N) is 3. The van der Waals surface area contributed by atoms with E-state index >= 15 is 0 Å². The largest absolute Gasteiger partial charge is 0.367 e. The molecule has 0 N–H and O–H groups in total. The van der Waals surface area contributed by atoms with E-state index in [1.807, 2.05) is 49.1 Å². The smallest absolute Gasteiger partial charge is 0.244 e. The second-order valence-corrected chi connectivity index (χ2v) is 7.34. The van der Waals surface area contributed by atoms with Crippen LogP contribution >= 0.6 is 0 Å². The number of ketones is 1. The minimum atomic E-state index is -0.378. The van der Waals surface area contributed by atoms with Crippen molar-refractivity contribution in [2.24, 2.45) is 0 Å². The fourth-order valence-corrected chi connectivity index (χ4v) is 3.79. The quantitative estimate of drug-likeness (QED) is 0.699. The van der Waals surface area contributed by atoms with Gasteiger partial charge >= 0.3 is 0 Å². The molecule has 1 amide bonds. The van der Waals surface area contributed by atoms with Gasteiger partial charge in [-0.2, -0.15) is 0 Å². The summed E-state index contributed by atoms with van der Waals surface area (Å²) in [5, 5.41) is 0. The van der Waals surface area contributed by atoms with Gasteiger partial charge in [0.2, 0.25) is 5.91 Å². The lowest BCUT2D eigenvalue weighted by atomic mass is 10.1. The monoisotopic (exact) mass is 397 g/mol. The van der Waals surface area contributed by atoms with Crippen LogP contribution in [0.5, 0.6) is 0 Å². The second-order valence-electron chi connectivity index (χ2n) is 7.34. The van der Waals surface area contributed by atoms with Gasteiger partial charge in [0.1, 0.15) is 5.82 Å². The van der Waals surface area contributed by atoms with E-state index in [0.29, 0.717) is 44.0 Å².